The van der Waals surface area contributed by atoms with Gasteiger partial charge in [-0.3, -0.25) is 0 Å². The van der Waals surface area contributed by atoms with E-state index in [2.05, 4.69) is 0 Å². The summed E-state index contributed by atoms with van der Waals surface area (Å²) in [5, 5.41) is 27.0. The van der Waals surface area contributed by atoms with E-state index in [-0.39, 0.29) is 11.3 Å². The first-order valence-electron chi connectivity index (χ1n) is 7.70. The summed E-state index contributed by atoms with van der Waals surface area (Å²) in [4.78, 5) is 1.95. The molecular weight excluding hydrogens is 360 g/mol. The second-order valence-corrected chi connectivity index (χ2v) is 6.83. The number of hydrogen-bond donors (Lipinski definition) is 1. The molecule has 0 amide bonds. The van der Waals surface area contributed by atoms with E-state index in [0.717, 1.165) is 20.9 Å². The van der Waals surface area contributed by atoms with Gasteiger partial charge in [0.15, 0.2) is 0 Å². The Morgan fingerprint density at radius 3 is 2.19 bits per heavy atom. The number of aromatic hydroxyl groups is 1. The molecular formula is C21H20N2OS2. The van der Waals surface area contributed by atoms with E-state index in [0.29, 0.717) is 0 Å². The summed E-state index contributed by atoms with van der Waals surface area (Å²) in [6.45, 7) is 2.00. The highest BCUT2D eigenvalue weighted by atomic mass is 32.2. The van der Waals surface area contributed by atoms with Gasteiger partial charge in [-0.25, -0.2) is 0 Å². The fourth-order valence-electron chi connectivity index (χ4n) is 1.87. The molecule has 0 spiro atoms. The lowest BCUT2D eigenvalue weighted by Gasteiger charge is -2.03. The Bertz CT molecular complexity index is 829. The van der Waals surface area contributed by atoms with Gasteiger partial charge >= 0.3 is 0 Å². The van der Waals surface area contributed by atoms with Crippen molar-refractivity contribution in [1.82, 2.24) is 0 Å². The molecule has 0 aliphatic carbocycles. The molecule has 1 N–H and O–H groups in total. The van der Waals surface area contributed by atoms with Gasteiger partial charge in [-0.2, -0.15) is 10.5 Å². The standard InChI is InChI=1S/C21H20N2OS2/c1-16(5-4-6-20(25-2)13-17(14-22)15-23)7-12-21(26-3)18-8-10-19(24)11-9-18/h4-13,24H,1-3H3/b5-4+,16-7+,20-6-,21-12-. The van der Waals surface area contributed by atoms with Crippen LogP contribution in [0.2, 0.25) is 0 Å². The molecule has 0 unspecified atom stereocenters. The second-order valence-electron chi connectivity index (χ2n) is 5.11. The number of nitrogens with zero attached hydrogens (tertiary/aromatic N) is 2. The lowest BCUT2D eigenvalue weighted by atomic mass is 10.1. The summed E-state index contributed by atoms with van der Waals surface area (Å²) in [5.74, 6) is 0.255. The van der Waals surface area contributed by atoms with Gasteiger partial charge in [0.25, 0.3) is 0 Å². The maximum absolute atomic E-state index is 9.38. The summed E-state index contributed by atoms with van der Waals surface area (Å²) in [5.41, 5.74) is 2.21. The third-order valence-electron chi connectivity index (χ3n) is 3.25. The summed E-state index contributed by atoms with van der Waals surface area (Å²) < 4.78 is 0. The Kier molecular flexibility index (Phi) is 9.79. The minimum atomic E-state index is 0.0905. The Labute approximate surface area is 163 Å². The molecule has 26 heavy (non-hydrogen) atoms. The average molecular weight is 381 g/mol. The van der Waals surface area contributed by atoms with Gasteiger partial charge in [0.2, 0.25) is 0 Å². The fourth-order valence-corrected chi connectivity index (χ4v) is 2.90. The first-order valence-corrected chi connectivity index (χ1v) is 10.1. The molecule has 1 rings (SSSR count). The Morgan fingerprint density at radius 2 is 1.65 bits per heavy atom. The number of allylic oxidation sites excluding steroid dienone is 8. The van der Waals surface area contributed by atoms with E-state index >= 15 is 0 Å². The van der Waals surface area contributed by atoms with Crippen LogP contribution < -0.4 is 0 Å². The number of nitriles is 2. The predicted molar refractivity (Wildman–Crippen MR) is 113 cm³/mol. The van der Waals surface area contributed by atoms with E-state index in [9.17, 15) is 5.11 Å². The molecule has 0 heterocycles. The SMILES string of the molecule is CS\C(C=C(C#N)C#N)=C/C=C/C(C)=C/C=C(\SC)c1ccc(O)cc1. The summed E-state index contributed by atoms with van der Waals surface area (Å²) in [6, 6.07) is 10.8. The lowest BCUT2D eigenvalue weighted by molar-refractivity contribution is 0.475. The first kappa shape index (κ1) is 21.4. The Hall–Kier alpha value is -2.60. The van der Waals surface area contributed by atoms with Crippen molar-refractivity contribution < 1.29 is 5.11 Å². The largest absolute Gasteiger partial charge is 0.508 e. The van der Waals surface area contributed by atoms with Crippen LogP contribution in [0.3, 0.4) is 0 Å². The highest BCUT2D eigenvalue weighted by Crippen LogP contribution is 2.26. The van der Waals surface area contributed by atoms with Crippen molar-refractivity contribution in [2.75, 3.05) is 12.5 Å². The van der Waals surface area contributed by atoms with Gasteiger partial charge in [0.1, 0.15) is 23.5 Å². The molecule has 0 aliphatic heterocycles. The molecule has 0 aromatic heterocycles. The zero-order valence-corrected chi connectivity index (χ0v) is 16.6. The highest BCUT2D eigenvalue weighted by Gasteiger charge is 1.99. The van der Waals surface area contributed by atoms with Crippen molar-refractivity contribution in [3.05, 3.63) is 82.3 Å². The van der Waals surface area contributed by atoms with E-state index in [1.165, 1.54) is 11.8 Å². The molecule has 0 fully saturated rings. The quantitative estimate of drug-likeness (QED) is 0.477. The third-order valence-corrected chi connectivity index (χ3v) is 4.79. The van der Waals surface area contributed by atoms with Crippen molar-refractivity contribution in [2.45, 2.75) is 6.92 Å². The number of rotatable bonds is 7. The van der Waals surface area contributed by atoms with Crippen LogP contribution in [-0.4, -0.2) is 17.6 Å². The van der Waals surface area contributed by atoms with Crippen LogP contribution in [0, 0.1) is 22.7 Å². The number of hydrogen-bond acceptors (Lipinski definition) is 5. The van der Waals surface area contributed by atoms with Crippen LogP contribution in [-0.2, 0) is 0 Å². The summed E-state index contributed by atoms with van der Waals surface area (Å²) >= 11 is 3.12. The molecule has 0 radical (unpaired) electrons. The fraction of sp³-hybridized carbons (Fsp3) is 0.143. The lowest BCUT2D eigenvalue weighted by Crippen LogP contribution is -1.79. The topological polar surface area (TPSA) is 67.8 Å². The minimum absolute atomic E-state index is 0.0905. The number of thioether (sulfide) groups is 2. The van der Waals surface area contributed by atoms with Gasteiger partial charge in [-0.15, -0.1) is 23.5 Å². The first-order chi connectivity index (χ1) is 12.5. The zero-order valence-electron chi connectivity index (χ0n) is 14.9. The van der Waals surface area contributed by atoms with Gasteiger partial charge in [-0.05, 0) is 55.4 Å². The molecule has 132 valence electrons. The molecule has 1 aromatic rings. The molecule has 0 saturated heterocycles. The maximum Gasteiger partial charge on any atom is 0.130 e. The number of benzene rings is 1. The number of phenolic OH excluding ortho intramolecular Hbond substituents is 1. The van der Waals surface area contributed by atoms with E-state index < -0.39 is 0 Å². The average Bonchev–Trinajstić information content (AvgIpc) is 2.66. The van der Waals surface area contributed by atoms with Crippen molar-refractivity contribution in [2.24, 2.45) is 0 Å². The van der Waals surface area contributed by atoms with E-state index in [1.54, 1.807) is 30.0 Å². The molecule has 0 bridgehead atoms. The van der Waals surface area contributed by atoms with Crippen molar-refractivity contribution in [3.8, 4) is 17.9 Å². The van der Waals surface area contributed by atoms with E-state index in [1.807, 2.05) is 74.1 Å². The van der Waals surface area contributed by atoms with Crippen molar-refractivity contribution in [3.63, 3.8) is 0 Å². The normalized spacial score (nSPS) is 12.6. The van der Waals surface area contributed by atoms with Crippen LogP contribution in [0.15, 0.2) is 76.8 Å². The minimum Gasteiger partial charge on any atom is -0.508 e. The smallest absolute Gasteiger partial charge is 0.130 e. The number of phenols is 1. The van der Waals surface area contributed by atoms with E-state index in [4.69, 9.17) is 10.5 Å². The van der Waals surface area contributed by atoms with Crippen molar-refractivity contribution in [1.29, 1.82) is 10.5 Å². The molecule has 3 nitrogen and oxygen atoms in total. The molecule has 0 aliphatic rings. The predicted octanol–water partition coefficient (Wildman–Crippen LogP) is 5.82. The van der Waals surface area contributed by atoms with Crippen LogP contribution in [0.4, 0.5) is 0 Å². The Balaban J connectivity index is 2.92. The van der Waals surface area contributed by atoms with Crippen LogP contribution in [0.1, 0.15) is 12.5 Å². The van der Waals surface area contributed by atoms with Gasteiger partial charge in [-0.1, -0.05) is 35.9 Å². The molecule has 0 saturated carbocycles. The maximum atomic E-state index is 9.38. The van der Waals surface area contributed by atoms with Crippen LogP contribution in [0.5, 0.6) is 5.75 Å². The highest BCUT2D eigenvalue weighted by molar-refractivity contribution is 8.07. The summed E-state index contributed by atoms with van der Waals surface area (Å²) in [6.07, 6.45) is 15.3. The molecule has 0 atom stereocenters. The Morgan fingerprint density at radius 1 is 1.00 bits per heavy atom. The van der Waals surface area contributed by atoms with Crippen LogP contribution >= 0.6 is 23.5 Å². The third kappa shape index (κ3) is 7.53. The zero-order chi connectivity index (χ0) is 19.4. The summed E-state index contributed by atoms with van der Waals surface area (Å²) in [7, 11) is 0. The van der Waals surface area contributed by atoms with Gasteiger partial charge < -0.3 is 5.11 Å². The van der Waals surface area contributed by atoms with Crippen LogP contribution in [0.25, 0.3) is 4.91 Å². The second kappa shape index (κ2) is 11.9. The molecule has 1 aromatic carbocycles. The monoisotopic (exact) mass is 380 g/mol. The van der Waals surface area contributed by atoms with Crippen molar-refractivity contribution >= 4 is 28.4 Å². The van der Waals surface area contributed by atoms with Gasteiger partial charge in [0.05, 0.1) is 0 Å². The molecule has 5 heteroatoms. The van der Waals surface area contributed by atoms with Gasteiger partial charge in [0, 0.05) is 9.81 Å².